The van der Waals surface area contributed by atoms with Crippen LogP contribution in [0.2, 0.25) is 0 Å². The molecular formula is C16H22N2O. The Labute approximate surface area is 115 Å². The molecule has 0 aromatic heterocycles. The Morgan fingerprint density at radius 1 is 1.42 bits per heavy atom. The highest BCUT2D eigenvalue weighted by Gasteiger charge is 2.36. The van der Waals surface area contributed by atoms with Crippen molar-refractivity contribution in [2.24, 2.45) is 0 Å². The van der Waals surface area contributed by atoms with Crippen molar-refractivity contribution in [3.63, 3.8) is 0 Å². The molecule has 1 saturated carbocycles. The molecule has 3 rings (SSSR count). The van der Waals surface area contributed by atoms with E-state index in [1.54, 1.807) is 0 Å². The van der Waals surface area contributed by atoms with Gasteiger partial charge in [0.15, 0.2) is 0 Å². The molecule has 19 heavy (non-hydrogen) atoms. The average molecular weight is 258 g/mol. The molecule has 1 heterocycles. The van der Waals surface area contributed by atoms with Crippen LogP contribution in [0.25, 0.3) is 0 Å². The Balaban J connectivity index is 1.69. The number of nitrogens with zero attached hydrogens (tertiary/aromatic N) is 1. The summed E-state index contributed by atoms with van der Waals surface area (Å²) in [7, 11) is 0. The van der Waals surface area contributed by atoms with Crippen LogP contribution in [-0.2, 0) is 11.2 Å². The number of benzene rings is 1. The second-order valence-corrected chi connectivity index (χ2v) is 5.81. The summed E-state index contributed by atoms with van der Waals surface area (Å²) in [6.45, 7) is 3.89. The molecule has 3 nitrogen and oxygen atoms in total. The second kappa shape index (κ2) is 5.33. The number of fused-ring (bicyclic) bond motifs is 1. The van der Waals surface area contributed by atoms with E-state index < -0.39 is 0 Å². The van der Waals surface area contributed by atoms with Crippen molar-refractivity contribution in [2.75, 3.05) is 13.1 Å². The zero-order valence-electron chi connectivity index (χ0n) is 11.6. The molecule has 1 saturated heterocycles. The van der Waals surface area contributed by atoms with E-state index in [1.807, 2.05) is 6.07 Å². The summed E-state index contributed by atoms with van der Waals surface area (Å²) in [6, 6.07) is 9.26. The molecule has 2 fully saturated rings. The lowest BCUT2D eigenvalue weighted by Gasteiger charge is -2.38. The largest absolute Gasteiger partial charge is 0.337 e. The molecule has 1 aliphatic heterocycles. The van der Waals surface area contributed by atoms with Gasteiger partial charge in [-0.3, -0.25) is 4.79 Å². The van der Waals surface area contributed by atoms with E-state index in [0.29, 0.717) is 24.4 Å². The topological polar surface area (TPSA) is 32.3 Å². The molecule has 1 aromatic carbocycles. The van der Waals surface area contributed by atoms with Crippen LogP contribution in [0.1, 0.15) is 30.4 Å². The zero-order valence-corrected chi connectivity index (χ0v) is 11.6. The fraction of sp³-hybridized carbons (Fsp3) is 0.562. The molecule has 2 atom stereocenters. The van der Waals surface area contributed by atoms with Crippen molar-refractivity contribution >= 4 is 5.91 Å². The first-order valence-electron chi connectivity index (χ1n) is 7.32. The van der Waals surface area contributed by atoms with Crippen molar-refractivity contribution < 1.29 is 4.79 Å². The van der Waals surface area contributed by atoms with Gasteiger partial charge in [-0.2, -0.15) is 0 Å². The Morgan fingerprint density at radius 2 is 2.32 bits per heavy atom. The lowest BCUT2D eigenvalue weighted by atomic mass is 10.0. The fourth-order valence-electron chi connectivity index (χ4n) is 3.50. The van der Waals surface area contributed by atoms with Crippen LogP contribution in [-0.4, -0.2) is 36.0 Å². The van der Waals surface area contributed by atoms with Crippen LogP contribution < -0.4 is 5.32 Å². The van der Waals surface area contributed by atoms with Gasteiger partial charge in [0.25, 0.3) is 0 Å². The van der Waals surface area contributed by atoms with Crippen LogP contribution >= 0.6 is 0 Å². The highest BCUT2D eigenvalue weighted by atomic mass is 16.2. The van der Waals surface area contributed by atoms with Crippen molar-refractivity contribution in [3.8, 4) is 0 Å². The summed E-state index contributed by atoms with van der Waals surface area (Å²) in [4.78, 5) is 14.6. The molecule has 2 aliphatic rings. The highest BCUT2D eigenvalue weighted by Crippen LogP contribution is 2.27. The molecule has 1 N–H and O–H groups in total. The first-order chi connectivity index (χ1) is 9.24. The zero-order chi connectivity index (χ0) is 13.2. The van der Waals surface area contributed by atoms with Crippen LogP contribution in [0.15, 0.2) is 24.3 Å². The summed E-state index contributed by atoms with van der Waals surface area (Å²) in [5.74, 6) is 0.295. The molecule has 1 aromatic rings. The maximum atomic E-state index is 12.5. The maximum absolute atomic E-state index is 12.5. The fourth-order valence-corrected chi connectivity index (χ4v) is 3.50. The van der Waals surface area contributed by atoms with E-state index in [4.69, 9.17) is 0 Å². The summed E-state index contributed by atoms with van der Waals surface area (Å²) in [5.41, 5.74) is 2.36. The van der Waals surface area contributed by atoms with Gasteiger partial charge in [-0.1, -0.05) is 29.8 Å². The van der Waals surface area contributed by atoms with Gasteiger partial charge < -0.3 is 10.2 Å². The van der Waals surface area contributed by atoms with E-state index in [0.717, 1.165) is 25.1 Å². The van der Waals surface area contributed by atoms with Crippen molar-refractivity contribution in [2.45, 2.75) is 44.7 Å². The van der Waals surface area contributed by atoms with Gasteiger partial charge in [0.2, 0.25) is 5.91 Å². The summed E-state index contributed by atoms with van der Waals surface area (Å²) in [5, 5.41) is 3.54. The van der Waals surface area contributed by atoms with Crippen molar-refractivity contribution in [1.29, 1.82) is 0 Å². The number of aryl methyl sites for hydroxylation is 1. The summed E-state index contributed by atoms with van der Waals surface area (Å²) >= 11 is 0. The average Bonchev–Trinajstić information content (AvgIpc) is 2.86. The highest BCUT2D eigenvalue weighted by molar-refractivity contribution is 5.79. The number of carbonyl (C=O) groups is 1. The van der Waals surface area contributed by atoms with E-state index in [2.05, 4.69) is 35.3 Å². The Bertz CT molecular complexity index is 472. The van der Waals surface area contributed by atoms with Crippen molar-refractivity contribution in [1.82, 2.24) is 10.2 Å². The maximum Gasteiger partial charge on any atom is 0.227 e. The molecule has 3 heteroatoms. The van der Waals surface area contributed by atoms with E-state index in [-0.39, 0.29) is 0 Å². The molecule has 1 amide bonds. The minimum atomic E-state index is 0.295. The van der Waals surface area contributed by atoms with Gasteiger partial charge in [-0.05, 0) is 31.7 Å². The van der Waals surface area contributed by atoms with E-state index in [1.165, 1.54) is 18.4 Å². The van der Waals surface area contributed by atoms with Gasteiger partial charge in [-0.15, -0.1) is 0 Å². The molecule has 1 aliphatic carbocycles. The monoisotopic (exact) mass is 258 g/mol. The molecular weight excluding hydrogens is 236 g/mol. The third-order valence-corrected chi connectivity index (χ3v) is 4.40. The Hall–Kier alpha value is -1.35. The Kier molecular flexibility index (Phi) is 3.56. The smallest absolute Gasteiger partial charge is 0.227 e. The molecule has 102 valence electrons. The van der Waals surface area contributed by atoms with Crippen LogP contribution in [0.3, 0.4) is 0 Å². The third kappa shape index (κ3) is 2.66. The standard InChI is InChI=1S/C16H22N2O/c1-12-4-2-5-13(10-12)11-16(19)18-9-8-17-14-6-3-7-15(14)18/h2,4-5,10,14-15,17H,3,6-9,11H2,1H3. The van der Waals surface area contributed by atoms with Gasteiger partial charge in [0.05, 0.1) is 6.42 Å². The number of nitrogens with one attached hydrogen (secondary N) is 1. The lowest BCUT2D eigenvalue weighted by molar-refractivity contribution is -0.134. The second-order valence-electron chi connectivity index (χ2n) is 5.81. The minimum absolute atomic E-state index is 0.295. The quantitative estimate of drug-likeness (QED) is 0.878. The Morgan fingerprint density at radius 3 is 3.16 bits per heavy atom. The van der Waals surface area contributed by atoms with Gasteiger partial charge >= 0.3 is 0 Å². The molecule has 0 bridgehead atoms. The first-order valence-corrected chi connectivity index (χ1v) is 7.32. The number of piperazine rings is 1. The number of hydrogen-bond acceptors (Lipinski definition) is 2. The summed E-state index contributed by atoms with van der Waals surface area (Å²) in [6.07, 6.45) is 4.18. The number of carbonyl (C=O) groups excluding carboxylic acids is 1. The van der Waals surface area contributed by atoms with Crippen LogP contribution in [0.5, 0.6) is 0 Å². The third-order valence-electron chi connectivity index (χ3n) is 4.40. The number of amides is 1. The predicted molar refractivity (Wildman–Crippen MR) is 76.0 cm³/mol. The van der Waals surface area contributed by atoms with Gasteiger partial charge in [0, 0.05) is 25.2 Å². The van der Waals surface area contributed by atoms with Crippen LogP contribution in [0.4, 0.5) is 0 Å². The minimum Gasteiger partial charge on any atom is -0.337 e. The number of hydrogen-bond donors (Lipinski definition) is 1. The van der Waals surface area contributed by atoms with Gasteiger partial charge in [-0.25, -0.2) is 0 Å². The predicted octanol–water partition coefficient (Wildman–Crippen LogP) is 1.89. The SMILES string of the molecule is Cc1cccc(CC(=O)N2CCNC3CCCC32)c1. The van der Waals surface area contributed by atoms with Gasteiger partial charge in [0.1, 0.15) is 0 Å². The molecule has 0 spiro atoms. The lowest BCUT2D eigenvalue weighted by Crippen LogP contribution is -2.57. The molecule has 0 radical (unpaired) electrons. The normalized spacial score (nSPS) is 26.3. The van der Waals surface area contributed by atoms with Crippen LogP contribution in [0, 0.1) is 6.92 Å². The van der Waals surface area contributed by atoms with E-state index >= 15 is 0 Å². The van der Waals surface area contributed by atoms with Crippen molar-refractivity contribution in [3.05, 3.63) is 35.4 Å². The number of rotatable bonds is 2. The van der Waals surface area contributed by atoms with E-state index in [9.17, 15) is 4.79 Å². The summed E-state index contributed by atoms with van der Waals surface area (Å²) < 4.78 is 0. The molecule has 2 unspecified atom stereocenters. The first kappa shape index (κ1) is 12.7.